The van der Waals surface area contributed by atoms with Crippen LogP contribution in [0.1, 0.15) is 78.9 Å². The molecule has 2 amide bonds. The van der Waals surface area contributed by atoms with E-state index >= 15 is 0 Å². The van der Waals surface area contributed by atoms with E-state index in [4.69, 9.17) is 10.8 Å². The third-order valence-corrected chi connectivity index (χ3v) is 8.47. The first kappa shape index (κ1) is 30.3. The van der Waals surface area contributed by atoms with Crippen LogP contribution in [0.25, 0.3) is 22.2 Å². The van der Waals surface area contributed by atoms with Gasteiger partial charge in [-0.2, -0.15) is 18.3 Å². The number of carbonyl (C=O) groups excluding carboxylic acids is 2. The summed E-state index contributed by atoms with van der Waals surface area (Å²) in [7, 11) is 0. The highest BCUT2D eigenvalue weighted by Gasteiger charge is 2.31. The SMILES string of the molecule is Nc1ncc2c3c1c(-c1ccc(C(=O)Nc4cc(C(F)(F)F)ccn4)cc1)nn3[C@@H]1CCC[C@H](C1)NC(=O)CCCC/C=C\C2. The molecule has 234 valence electrons. The Kier molecular flexibility index (Phi) is 8.55. The Bertz CT molecular complexity index is 1750. The lowest BCUT2D eigenvalue weighted by atomic mass is 9.90. The highest BCUT2D eigenvalue weighted by Crippen LogP contribution is 2.39. The number of benzene rings is 1. The van der Waals surface area contributed by atoms with Crippen molar-refractivity contribution in [2.24, 2.45) is 0 Å². The van der Waals surface area contributed by atoms with Crippen molar-refractivity contribution < 1.29 is 22.8 Å². The molecule has 2 atom stereocenters. The fourth-order valence-corrected chi connectivity index (χ4v) is 6.21. The van der Waals surface area contributed by atoms with Crippen LogP contribution in [0.2, 0.25) is 0 Å². The van der Waals surface area contributed by atoms with Gasteiger partial charge in [0.2, 0.25) is 5.91 Å². The number of hydrogen-bond acceptors (Lipinski definition) is 6. The zero-order valence-electron chi connectivity index (χ0n) is 24.6. The smallest absolute Gasteiger partial charge is 0.383 e. The summed E-state index contributed by atoms with van der Waals surface area (Å²) in [4.78, 5) is 33.9. The fraction of sp³-hybridized carbons (Fsp3) is 0.364. The molecular weight excluding hydrogens is 583 g/mol. The maximum Gasteiger partial charge on any atom is 0.416 e. The van der Waals surface area contributed by atoms with E-state index in [1.165, 1.54) is 0 Å². The second kappa shape index (κ2) is 12.7. The number of carbonyl (C=O) groups is 2. The third-order valence-electron chi connectivity index (χ3n) is 8.47. The van der Waals surface area contributed by atoms with Gasteiger partial charge in [-0.25, -0.2) is 9.97 Å². The normalized spacial score (nSPS) is 20.1. The number of nitrogen functional groups attached to an aromatic ring is 1. The van der Waals surface area contributed by atoms with Crippen LogP contribution in [0.5, 0.6) is 0 Å². The largest absolute Gasteiger partial charge is 0.416 e. The van der Waals surface area contributed by atoms with Gasteiger partial charge < -0.3 is 16.4 Å². The summed E-state index contributed by atoms with van der Waals surface area (Å²) in [6.07, 6.45) is 9.92. The van der Waals surface area contributed by atoms with Gasteiger partial charge in [0.05, 0.1) is 22.5 Å². The molecule has 9 nitrogen and oxygen atoms in total. The molecule has 1 aliphatic heterocycles. The predicted molar refractivity (Wildman–Crippen MR) is 165 cm³/mol. The van der Waals surface area contributed by atoms with Crippen LogP contribution in [0.3, 0.4) is 0 Å². The van der Waals surface area contributed by atoms with Crippen LogP contribution in [0.4, 0.5) is 24.8 Å². The van der Waals surface area contributed by atoms with E-state index in [0.717, 1.165) is 79.7 Å². The number of pyridine rings is 2. The molecule has 1 saturated carbocycles. The van der Waals surface area contributed by atoms with Gasteiger partial charge in [0, 0.05) is 41.5 Å². The molecule has 4 heterocycles. The predicted octanol–water partition coefficient (Wildman–Crippen LogP) is 6.62. The van der Waals surface area contributed by atoms with Gasteiger partial charge in [0.1, 0.15) is 17.3 Å². The number of rotatable bonds is 3. The number of fused-ring (bicyclic) bond motifs is 3. The minimum atomic E-state index is -4.55. The molecule has 1 aliphatic carbocycles. The molecule has 0 radical (unpaired) electrons. The number of halogens is 3. The number of nitrogens with zero attached hydrogens (tertiary/aromatic N) is 4. The van der Waals surface area contributed by atoms with Crippen LogP contribution in [-0.2, 0) is 17.4 Å². The van der Waals surface area contributed by atoms with Crippen LogP contribution in [0.15, 0.2) is 60.9 Å². The number of hydrogen-bond donors (Lipinski definition) is 3. The number of nitrogens with one attached hydrogen (secondary N) is 2. The van der Waals surface area contributed by atoms with Gasteiger partial charge >= 0.3 is 6.18 Å². The van der Waals surface area contributed by atoms with E-state index in [0.29, 0.717) is 29.9 Å². The maximum atomic E-state index is 13.1. The number of allylic oxidation sites excluding steroid dienone is 2. The summed E-state index contributed by atoms with van der Waals surface area (Å²) < 4.78 is 41.3. The summed E-state index contributed by atoms with van der Waals surface area (Å²) in [5, 5.41) is 11.5. The van der Waals surface area contributed by atoms with Crippen molar-refractivity contribution in [3.05, 3.63) is 77.6 Å². The lowest BCUT2D eigenvalue weighted by Crippen LogP contribution is -2.39. The molecular formula is C33H34F3N7O2. The van der Waals surface area contributed by atoms with Crippen molar-refractivity contribution in [3.8, 4) is 11.3 Å². The summed E-state index contributed by atoms with van der Waals surface area (Å²) in [5.41, 5.74) is 9.09. The van der Waals surface area contributed by atoms with Crippen LogP contribution >= 0.6 is 0 Å². The Morgan fingerprint density at radius 3 is 2.67 bits per heavy atom. The Morgan fingerprint density at radius 1 is 1.04 bits per heavy atom. The molecule has 4 aromatic rings. The standard InChI is InChI=1S/C33H34F3N7O2/c34-33(35,36)23-15-16-38-26(17-23)41-32(45)21-13-11-20(12-14-21)29-28-30-22(19-39-31(28)37)7-4-2-1-3-5-10-27(44)40-24-8-6-9-25(18-24)43(30)42-29/h2,4,11-17,19,24-25H,1,3,5-10,18H2,(H2,37,39)(H,40,44)(H,38,41,45)/b4-2-/t24-,25-/m1/s1. The zero-order chi connectivity index (χ0) is 31.6. The zero-order valence-corrected chi connectivity index (χ0v) is 24.6. The van der Waals surface area contributed by atoms with Crippen LogP contribution in [0, 0.1) is 0 Å². The minimum absolute atomic E-state index is 0.0416. The van der Waals surface area contributed by atoms with Crippen molar-refractivity contribution in [2.75, 3.05) is 11.1 Å². The molecule has 45 heavy (non-hydrogen) atoms. The number of alkyl halides is 3. The lowest BCUT2D eigenvalue weighted by molar-refractivity contribution is -0.137. The first-order valence-electron chi connectivity index (χ1n) is 15.2. The quantitative estimate of drug-likeness (QED) is 0.222. The Morgan fingerprint density at radius 2 is 1.87 bits per heavy atom. The molecule has 6 rings (SSSR count). The molecule has 12 heteroatoms. The van der Waals surface area contributed by atoms with Gasteiger partial charge in [-0.1, -0.05) is 24.3 Å². The van der Waals surface area contributed by atoms with Crippen LogP contribution < -0.4 is 16.4 Å². The highest BCUT2D eigenvalue weighted by molar-refractivity contribution is 6.05. The van der Waals surface area contributed by atoms with Crippen molar-refractivity contribution in [3.63, 3.8) is 0 Å². The average molecular weight is 618 g/mol. The van der Waals surface area contributed by atoms with Gasteiger partial charge in [-0.3, -0.25) is 14.3 Å². The summed E-state index contributed by atoms with van der Waals surface area (Å²) in [6, 6.07) is 8.39. The molecule has 0 spiro atoms. The minimum Gasteiger partial charge on any atom is -0.383 e. The van der Waals surface area contributed by atoms with Crippen molar-refractivity contribution in [2.45, 2.75) is 76.0 Å². The van der Waals surface area contributed by atoms with Crippen molar-refractivity contribution in [1.82, 2.24) is 25.1 Å². The van der Waals surface area contributed by atoms with E-state index in [2.05, 4.69) is 32.8 Å². The molecule has 4 N–H and O–H groups in total. The topological polar surface area (TPSA) is 128 Å². The van der Waals surface area contributed by atoms with E-state index in [-0.39, 0.29) is 29.4 Å². The molecule has 0 saturated heterocycles. The number of nitrogens with two attached hydrogens (primary N) is 1. The van der Waals surface area contributed by atoms with Crippen LogP contribution in [-0.4, -0.2) is 37.6 Å². The summed E-state index contributed by atoms with van der Waals surface area (Å²) in [5.74, 6) is -0.359. The number of amides is 2. The monoisotopic (exact) mass is 617 g/mol. The highest BCUT2D eigenvalue weighted by atomic mass is 19.4. The maximum absolute atomic E-state index is 13.1. The lowest BCUT2D eigenvalue weighted by Gasteiger charge is -2.30. The van der Waals surface area contributed by atoms with E-state index in [9.17, 15) is 22.8 Å². The first-order chi connectivity index (χ1) is 21.7. The summed E-state index contributed by atoms with van der Waals surface area (Å²) >= 11 is 0. The van der Waals surface area contributed by atoms with Crippen molar-refractivity contribution >= 4 is 34.4 Å². The second-order valence-electron chi connectivity index (χ2n) is 11.7. The molecule has 3 aromatic heterocycles. The van der Waals surface area contributed by atoms with E-state index in [1.807, 2.05) is 4.68 Å². The second-order valence-corrected chi connectivity index (χ2v) is 11.7. The Hall–Kier alpha value is -4.74. The van der Waals surface area contributed by atoms with Gasteiger partial charge in [0.25, 0.3) is 5.91 Å². The van der Waals surface area contributed by atoms with Gasteiger partial charge in [-0.05, 0) is 75.6 Å². The van der Waals surface area contributed by atoms with E-state index in [1.54, 1.807) is 30.5 Å². The third kappa shape index (κ3) is 6.69. The Balaban J connectivity index is 1.35. The number of anilines is 2. The van der Waals surface area contributed by atoms with Crippen molar-refractivity contribution in [1.29, 1.82) is 0 Å². The van der Waals surface area contributed by atoms with Gasteiger partial charge in [-0.15, -0.1) is 0 Å². The molecule has 2 aliphatic rings. The number of aromatic nitrogens is 4. The molecule has 2 bridgehead atoms. The molecule has 0 unspecified atom stereocenters. The van der Waals surface area contributed by atoms with Gasteiger partial charge in [0.15, 0.2) is 0 Å². The Labute approximate surface area is 258 Å². The fourth-order valence-electron chi connectivity index (χ4n) is 6.21. The average Bonchev–Trinajstić information content (AvgIpc) is 3.43. The molecule has 1 aromatic carbocycles. The summed E-state index contributed by atoms with van der Waals surface area (Å²) in [6.45, 7) is 0. The van der Waals surface area contributed by atoms with E-state index < -0.39 is 17.6 Å². The first-order valence-corrected chi connectivity index (χ1v) is 15.2. The molecule has 1 fully saturated rings.